The van der Waals surface area contributed by atoms with Crippen molar-refractivity contribution in [1.29, 1.82) is 5.26 Å². The van der Waals surface area contributed by atoms with Crippen LogP contribution in [0.3, 0.4) is 0 Å². The molecule has 4 heteroatoms. The average molecular weight is 283 g/mol. The first-order valence-corrected chi connectivity index (χ1v) is 6.57. The van der Waals surface area contributed by atoms with Crippen LogP contribution in [0.5, 0.6) is 17.2 Å². The normalized spacial score (nSPS) is 9.76. The van der Waals surface area contributed by atoms with Crippen molar-refractivity contribution in [3.63, 3.8) is 0 Å². The first-order chi connectivity index (χ1) is 10.3. The summed E-state index contributed by atoms with van der Waals surface area (Å²) in [5.74, 6) is 1.84. The highest BCUT2D eigenvalue weighted by atomic mass is 16.5. The third kappa shape index (κ3) is 3.67. The summed E-state index contributed by atoms with van der Waals surface area (Å²) in [6, 6.07) is 15.6. The molecule has 2 aromatic carbocycles. The summed E-state index contributed by atoms with van der Waals surface area (Å²) in [5.41, 5.74) is 1.81. The standard InChI is InChI=1S/C17H17NO3/c1-19-16-10-14(11-17(20-2)15(16)8-9-18)21-12-13-6-4-3-5-7-13/h3-7,10-11H,8,12H2,1-2H3. The molecule has 0 atom stereocenters. The molecule has 0 aliphatic carbocycles. The molecule has 0 saturated carbocycles. The van der Waals surface area contributed by atoms with Crippen LogP contribution in [-0.2, 0) is 13.0 Å². The van der Waals surface area contributed by atoms with E-state index in [0.29, 0.717) is 23.9 Å². The summed E-state index contributed by atoms with van der Waals surface area (Å²) in [7, 11) is 3.13. The molecule has 0 aliphatic heterocycles. The summed E-state index contributed by atoms with van der Waals surface area (Å²) in [5, 5.41) is 8.89. The van der Waals surface area contributed by atoms with Crippen LogP contribution < -0.4 is 14.2 Å². The lowest BCUT2D eigenvalue weighted by molar-refractivity contribution is 0.300. The Kier molecular flexibility index (Phi) is 5.05. The van der Waals surface area contributed by atoms with Crippen molar-refractivity contribution >= 4 is 0 Å². The molecule has 0 radical (unpaired) electrons. The largest absolute Gasteiger partial charge is 0.496 e. The van der Waals surface area contributed by atoms with Crippen LogP contribution in [0.15, 0.2) is 42.5 Å². The van der Waals surface area contributed by atoms with Crippen LogP contribution in [0, 0.1) is 11.3 Å². The van der Waals surface area contributed by atoms with Crippen LogP contribution >= 0.6 is 0 Å². The van der Waals surface area contributed by atoms with Crippen molar-refractivity contribution in [1.82, 2.24) is 0 Å². The minimum Gasteiger partial charge on any atom is -0.496 e. The molecule has 0 aliphatic rings. The predicted octanol–water partition coefficient (Wildman–Crippen LogP) is 3.35. The van der Waals surface area contributed by atoms with Gasteiger partial charge >= 0.3 is 0 Å². The van der Waals surface area contributed by atoms with Gasteiger partial charge in [-0.2, -0.15) is 5.26 Å². The summed E-state index contributed by atoms with van der Waals surface area (Å²) in [6.07, 6.45) is 0.227. The second kappa shape index (κ2) is 7.20. The Labute approximate surface area is 124 Å². The maximum atomic E-state index is 8.89. The number of methoxy groups -OCH3 is 2. The van der Waals surface area contributed by atoms with Crippen molar-refractivity contribution in [2.75, 3.05) is 14.2 Å². The van der Waals surface area contributed by atoms with Gasteiger partial charge in [-0.05, 0) is 5.56 Å². The van der Waals surface area contributed by atoms with Crippen molar-refractivity contribution in [3.05, 3.63) is 53.6 Å². The van der Waals surface area contributed by atoms with E-state index in [1.165, 1.54) is 0 Å². The van der Waals surface area contributed by atoms with E-state index in [1.807, 2.05) is 30.3 Å². The predicted molar refractivity (Wildman–Crippen MR) is 79.6 cm³/mol. The molecule has 21 heavy (non-hydrogen) atoms. The maximum Gasteiger partial charge on any atom is 0.130 e. The molecule has 4 nitrogen and oxygen atoms in total. The van der Waals surface area contributed by atoms with E-state index in [0.717, 1.165) is 11.1 Å². The van der Waals surface area contributed by atoms with Gasteiger partial charge in [-0.3, -0.25) is 0 Å². The molecule has 0 unspecified atom stereocenters. The van der Waals surface area contributed by atoms with E-state index in [9.17, 15) is 0 Å². The third-order valence-electron chi connectivity index (χ3n) is 3.09. The van der Waals surface area contributed by atoms with E-state index in [1.54, 1.807) is 26.4 Å². The fourth-order valence-corrected chi connectivity index (χ4v) is 2.04. The molecule has 108 valence electrons. The Morgan fingerprint density at radius 2 is 1.62 bits per heavy atom. The highest BCUT2D eigenvalue weighted by Gasteiger charge is 2.13. The zero-order chi connectivity index (χ0) is 15.1. The number of nitriles is 1. The summed E-state index contributed by atoms with van der Waals surface area (Å²) in [4.78, 5) is 0. The van der Waals surface area contributed by atoms with Crippen molar-refractivity contribution in [2.45, 2.75) is 13.0 Å². The van der Waals surface area contributed by atoms with Gasteiger partial charge in [0.05, 0.1) is 32.3 Å². The van der Waals surface area contributed by atoms with Gasteiger partial charge in [0.2, 0.25) is 0 Å². The highest BCUT2D eigenvalue weighted by Crippen LogP contribution is 2.34. The molecule has 0 spiro atoms. The Balaban J connectivity index is 2.22. The van der Waals surface area contributed by atoms with Gasteiger partial charge in [0.25, 0.3) is 0 Å². The van der Waals surface area contributed by atoms with Gasteiger partial charge in [-0.15, -0.1) is 0 Å². The topological polar surface area (TPSA) is 51.5 Å². The number of hydrogen-bond donors (Lipinski definition) is 0. The Morgan fingerprint density at radius 1 is 1.00 bits per heavy atom. The van der Waals surface area contributed by atoms with Crippen LogP contribution in [-0.4, -0.2) is 14.2 Å². The molecule has 0 fully saturated rings. The smallest absolute Gasteiger partial charge is 0.130 e. The second-order valence-corrected chi connectivity index (χ2v) is 4.42. The molecule has 0 N–H and O–H groups in total. The van der Waals surface area contributed by atoms with E-state index >= 15 is 0 Å². The highest BCUT2D eigenvalue weighted by molar-refractivity contribution is 5.51. The summed E-state index contributed by atoms with van der Waals surface area (Å²) < 4.78 is 16.4. The minimum absolute atomic E-state index is 0.227. The van der Waals surface area contributed by atoms with E-state index in [-0.39, 0.29) is 6.42 Å². The molecule has 0 amide bonds. The number of hydrogen-bond acceptors (Lipinski definition) is 4. The van der Waals surface area contributed by atoms with Crippen LogP contribution in [0.25, 0.3) is 0 Å². The Hall–Kier alpha value is -2.67. The SMILES string of the molecule is COc1cc(OCc2ccccc2)cc(OC)c1CC#N. The van der Waals surface area contributed by atoms with Crippen molar-refractivity contribution < 1.29 is 14.2 Å². The Bertz CT molecular complexity index is 607. The fourth-order valence-electron chi connectivity index (χ4n) is 2.04. The fraction of sp³-hybridized carbons (Fsp3) is 0.235. The third-order valence-corrected chi connectivity index (χ3v) is 3.09. The van der Waals surface area contributed by atoms with Gasteiger partial charge in [0, 0.05) is 12.1 Å². The molecule has 0 aromatic heterocycles. The Morgan fingerprint density at radius 3 is 2.14 bits per heavy atom. The molecule has 0 bridgehead atoms. The lowest BCUT2D eigenvalue weighted by atomic mass is 10.1. The van der Waals surface area contributed by atoms with E-state index < -0.39 is 0 Å². The lowest BCUT2D eigenvalue weighted by Crippen LogP contribution is -2.00. The molecule has 2 rings (SSSR count). The first-order valence-electron chi connectivity index (χ1n) is 6.57. The molecule has 0 saturated heterocycles. The van der Waals surface area contributed by atoms with E-state index in [4.69, 9.17) is 19.5 Å². The zero-order valence-corrected chi connectivity index (χ0v) is 12.1. The number of benzene rings is 2. The average Bonchev–Trinajstić information content (AvgIpc) is 2.54. The van der Waals surface area contributed by atoms with Gasteiger partial charge in [-0.25, -0.2) is 0 Å². The van der Waals surface area contributed by atoms with Crippen molar-refractivity contribution in [2.24, 2.45) is 0 Å². The van der Waals surface area contributed by atoms with Crippen molar-refractivity contribution in [3.8, 4) is 23.3 Å². The zero-order valence-electron chi connectivity index (χ0n) is 12.1. The van der Waals surface area contributed by atoms with Crippen LogP contribution in [0.4, 0.5) is 0 Å². The maximum absolute atomic E-state index is 8.89. The second-order valence-electron chi connectivity index (χ2n) is 4.42. The molecular formula is C17H17NO3. The summed E-state index contributed by atoms with van der Waals surface area (Å²) in [6.45, 7) is 0.463. The minimum atomic E-state index is 0.227. The lowest BCUT2D eigenvalue weighted by Gasteiger charge is -2.14. The van der Waals surface area contributed by atoms with Crippen LogP contribution in [0.1, 0.15) is 11.1 Å². The molecular weight excluding hydrogens is 266 g/mol. The van der Waals surface area contributed by atoms with E-state index in [2.05, 4.69) is 6.07 Å². The monoisotopic (exact) mass is 283 g/mol. The van der Waals surface area contributed by atoms with Gasteiger partial charge < -0.3 is 14.2 Å². The number of rotatable bonds is 6. The summed E-state index contributed by atoms with van der Waals surface area (Å²) >= 11 is 0. The van der Waals surface area contributed by atoms with Gasteiger partial charge in [0.15, 0.2) is 0 Å². The first kappa shape index (κ1) is 14.7. The number of ether oxygens (including phenoxy) is 3. The molecule has 0 heterocycles. The quantitative estimate of drug-likeness (QED) is 0.815. The van der Waals surface area contributed by atoms with Gasteiger partial charge in [0.1, 0.15) is 23.9 Å². The number of nitrogens with zero attached hydrogens (tertiary/aromatic N) is 1. The van der Waals surface area contributed by atoms with Crippen LogP contribution in [0.2, 0.25) is 0 Å². The van der Waals surface area contributed by atoms with Gasteiger partial charge in [-0.1, -0.05) is 30.3 Å². The molecule has 2 aromatic rings.